The number of hydrogen-bond acceptors (Lipinski definition) is 0. The molecule has 0 atom stereocenters. The van der Waals surface area contributed by atoms with Crippen molar-refractivity contribution in [1.29, 1.82) is 0 Å². The summed E-state index contributed by atoms with van der Waals surface area (Å²) in [4.78, 5) is 0. The third kappa shape index (κ3) is 9.93. The molecule has 0 aromatic carbocycles. The predicted octanol–water partition coefficient (Wildman–Crippen LogP) is -1.07. The van der Waals surface area contributed by atoms with Crippen LogP contribution in [0.25, 0.3) is 0 Å². The largest absolute Gasteiger partial charge is 1.00 e. The average molecular weight is 143 g/mol. The van der Waals surface area contributed by atoms with Crippen molar-refractivity contribution in [2.24, 2.45) is 0 Å². The van der Waals surface area contributed by atoms with Gasteiger partial charge in [-0.3, -0.25) is 0 Å². The summed E-state index contributed by atoms with van der Waals surface area (Å²) in [6.45, 7) is 3.63. The van der Waals surface area contributed by atoms with Gasteiger partial charge in [0.05, 0.1) is 0 Å². The Balaban J connectivity index is 0. The molecule has 0 saturated heterocycles. The van der Waals surface area contributed by atoms with E-state index >= 15 is 0 Å². The molecule has 0 N–H and O–H groups in total. The van der Waals surface area contributed by atoms with E-state index in [1.54, 1.807) is 0 Å². The third-order valence-electron chi connectivity index (χ3n) is 0.908. The first-order chi connectivity index (χ1) is 3.41. The molecule has 0 aliphatic carbocycles. The van der Waals surface area contributed by atoms with Crippen LogP contribution in [0.1, 0.15) is 19.3 Å². The number of hydrogen-bond donors (Lipinski definition) is 0. The molecule has 0 unspecified atom stereocenters. The van der Waals surface area contributed by atoms with Gasteiger partial charge in [0.25, 0.3) is 0 Å². The maximum absolute atomic E-state index is 3.63. The summed E-state index contributed by atoms with van der Waals surface area (Å²) in [5.41, 5.74) is 0. The number of unbranched alkanes of at least 4 members (excludes halogenated alkanes) is 2. The van der Waals surface area contributed by atoms with Crippen LogP contribution in [0, 0.1) is 0 Å². The van der Waals surface area contributed by atoms with Gasteiger partial charge in [-0.15, -0.1) is 0 Å². The molecule has 0 spiro atoms. The van der Waals surface area contributed by atoms with Crippen LogP contribution in [-0.2, 0) is 0 Å². The molecule has 0 amide bonds. The van der Waals surface area contributed by atoms with Crippen molar-refractivity contribution in [1.82, 2.24) is 0 Å². The van der Waals surface area contributed by atoms with Crippen molar-refractivity contribution in [2.45, 2.75) is 23.8 Å². The van der Waals surface area contributed by atoms with E-state index in [9.17, 15) is 0 Å². The van der Waals surface area contributed by atoms with Gasteiger partial charge in [-0.25, -0.2) is 0 Å². The quantitative estimate of drug-likeness (QED) is 0.267. The van der Waals surface area contributed by atoms with Crippen LogP contribution in [-0.4, -0.2) is 21.7 Å². The van der Waals surface area contributed by atoms with Crippen molar-refractivity contribution in [2.75, 3.05) is 0 Å². The molecule has 0 saturated carbocycles. The van der Waals surface area contributed by atoms with Gasteiger partial charge in [0.15, 0.2) is 0 Å². The maximum Gasteiger partial charge on any atom is -1.00 e. The standard InChI is InChI=1S/C6H11.ClH.Mg/c1-3-5-6-4-2;;/h3H,1-2,4-6H2;1H;/q;;+1/p-1. The van der Waals surface area contributed by atoms with E-state index in [1.165, 1.54) is 23.8 Å². The molecule has 0 rings (SSSR count). The molecule has 0 aromatic heterocycles. The second-order valence-corrected chi connectivity index (χ2v) is 2.35. The van der Waals surface area contributed by atoms with Gasteiger partial charge < -0.3 is 12.4 Å². The maximum atomic E-state index is 3.63. The minimum Gasteiger partial charge on any atom is -1.00 e. The third-order valence-corrected chi connectivity index (χ3v) is 1.41. The molecule has 44 valence electrons. The monoisotopic (exact) mass is 142 g/mol. The van der Waals surface area contributed by atoms with Crippen molar-refractivity contribution in [3.05, 3.63) is 12.7 Å². The summed E-state index contributed by atoms with van der Waals surface area (Å²) >= 11 is 2.04. The fraction of sp³-hybridized carbons (Fsp3) is 0.667. The fourth-order valence-corrected chi connectivity index (χ4v) is 0.819. The summed E-state index contributed by atoms with van der Waals surface area (Å²) in [5, 5.41) is 0. The van der Waals surface area contributed by atoms with Crippen molar-refractivity contribution < 1.29 is 12.4 Å². The van der Waals surface area contributed by atoms with E-state index in [2.05, 4.69) is 6.58 Å². The summed E-state index contributed by atoms with van der Waals surface area (Å²) in [7, 11) is 0. The van der Waals surface area contributed by atoms with E-state index in [0.29, 0.717) is 0 Å². The van der Waals surface area contributed by atoms with Gasteiger partial charge in [0.2, 0.25) is 0 Å². The molecule has 2 heteroatoms. The van der Waals surface area contributed by atoms with Crippen LogP contribution in [0.2, 0.25) is 4.55 Å². The molecule has 0 heterocycles. The zero-order chi connectivity index (χ0) is 5.54. The SMILES string of the molecule is C=CCCC[CH2][Mg+].[Cl-]. The Morgan fingerprint density at radius 3 is 2.38 bits per heavy atom. The van der Waals surface area contributed by atoms with E-state index in [0.717, 1.165) is 0 Å². The number of rotatable bonds is 4. The second-order valence-electron chi connectivity index (χ2n) is 1.64. The van der Waals surface area contributed by atoms with Gasteiger partial charge in [-0.2, -0.15) is 0 Å². The van der Waals surface area contributed by atoms with Crippen molar-refractivity contribution in [3.63, 3.8) is 0 Å². The normalized spacial score (nSPS) is 7.75. The average Bonchev–Trinajstić information content (AvgIpc) is 1.69. The first-order valence-corrected chi connectivity index (χ1v) is 3.82. The fourth-order valence-electron chi connectivity index (χ4n) is 0.465. The smallest absolute Gasteiger partial charge is 1.00 e. The molecule has 0 bridgehead atoms. The van der Waals surface area contributed by atoms with Crippen LogP contribution in [0.5, 0.6) is 0 Å². The van der Waals surface area contributed by atoms with Gasteiger partial charge in [0.1, 0.15) is 0 Å². The van der Waals surface area contributed by atoms with E-state index < -0.39 is 0 Å². The van der Waals surface area contributed by atoms with Crippen LogP contribution < -0.4 is 12.4 Å². The Kier molecular flexibility index (Phi) is 15.5. The molecular weight excluding hydrogens is 132 g/mol. The topological polar surface area (TPSA) is 0 Å². The molecule has 0 fully saturated rings. The minimum atomic E-state index is 0. The van der Waals surface area contributed by atoms with Crippen LogP contribution >= 0.6 is 0 Å². The summed E-state index contributed by atoms with van der Waals surface area (Å²) < 4.78 is 1.34. The predicted molar refractivity (Wildman–Crippen MR) is 34.6 cm³/mol. The molecule has 0 aromatic rings. The molecule has 8 heavy (non-hydrogen) atoms. The molecule has 0 nitrogen and oxygen atoms in total. The Labute approximate surface area is 70.6 Å². The molecule has 0 aliphatic heterocycles. The Morgan fingerprint density at radius 2 is 2.00 bits per heavy atom. The molecular formula is C6H11ClMg. The van der Waals surface area contributed by atoms with Crippen LogP contribution in [0.4, 0.5) is 0 Å². The first-order valence-electron chi connectivity index (χ1n) is 2.82. The molecule has 0 aliphatic rings. The van der Waals surface area contributed by atoms with E-state index in [-0.39, 0.29) is 12.4 Å². The van der Waals surface area contributed by atoms with Crippen molar-refractivity contribution in [3.8, 4) is 0 Å². The minimum absolute atomic E-state index is 0. The molecule has 0 radical (unpaired) electrons. The van der Waals surface area contributed by atoms with Gasteiger partial charge in [-0.1, -0.05) is 0 Å². The van der Waals surface area contributed by atoms with Gasteiger partial charge in [0, 0.05) is 0 Å². The Morgan fingerprint density at radius 1 is 1.38 bits per heavy atom. The second kappa shape index (κ2) is 10.7. The first kappa shape index (κ1) is 11.6. The van der Waals surface area contributed by atoms with Crippen LogP contribution in [0.3, 0.4) is 0 Å². The van der Waals surface area contributed by atoms with Gasteiger partial charge in [-0.05, 0) is 0 Å². The number of allylic oxidation sites excluding steroid dienone is 1. The van der Waals surface area contributed by atoms with Gasteiger partial charge >= 0.3 is 58.2 Å². The summed E-state index contributed by atoms with van der Waals surface area (Å²) in [5.74, 6) is 0. The summed E-state index contributed by atoms with van der Waals surface area (Å²) in [6, 6.07) is 0. The van der Waals surface area contributed by atoms with Crippen molar-refractivity contribution >= 4 is 21.7 Å². The zero-order valence-corrected chi connectivity index (χ0v) is 7.37. The number of halogens is 1. The zero-order valence-electron chi connectivity index (χ0n) is 5.20. The Hall–Kier alpha value is 0.796. The summed E-state index contributed by atoms with van der Waals surface area (Å²) in [6.07, 6.45) is 5.87. The van der Waals surface area contributed by atoms with E-state index in [1.807, 2.05) is 27.8 Å². The Bertz CT molecular complexity index is 45.8. The van der Waals surface area contributed by atoms with E-state index in [4.69, 9.17) is 0 Å². The van der Waals surface area contributed by atoms with Crippen LogP contribution in [0.15, 0.2) is 12.7 Å².